The second-order valence-corrected chi connectivity index (χ2v) is 6.95. The first kappa shape index (κ1) is 21.2. The fourth-order valence-electron chi connectivity index (χ4n) is 3.04. The van der Waals surface area contributed by atoms with E-state index in [1.165, 1.54) is 5.56 Å². The van der Waals surface area contributed by atoms with Gasteiger partial charge in [-0.2, -0.15) is 10.1 Å². The van der Waals surface area contributed by atoms with Crippen molar-refractivity contribution in [3.63, 3.8) is 0 Å². The van der Waals surface area contributed by atoms with Gasteiger partial charge in [-0.25, -0.2) is 4.98 Å². The molecule has 0 aliphatic rings. The largest absolute Gasteiger partial charge is 0.493 e. The van der Waals surface area contributed by atoms with Crippen LogP contribution in [0.15, 0.2) is 58.8 Å². The van der Waals surface area contributed by atoms with Crippen LogP contribution in [0.5, 0.6) is 11.5 Å². The Bertz CT molecular complexity index is 1020. The zero-order valence-electron chi connectivity index (χ0n) is 17.8. The summed E-state index contributed by atoms with van der Waals surface area (Å²) in [6, 6.07) is 15.9. The number of ether oxygens (including phenoxy) is 2. The van der Waals surface area contributed by atoms with Crippen LogP contribution >= 0.6 is 0 Å². The molecule has 0 aliphatic heterocycles. The van der Waals surface area contributed by atoms with Gasteiger partial charge in [-0.05, 0) is 43.5 Å². The minimum absolute atomic E-state index is 0.521. The molecule has 1 heterocycles. The number of rotatable bonds is 9. The molecule has 0 bridgehead atoms. The Morgan fingerprint density at radius 3 is 2.50 bits per heavy atom. The summed E-state index contributed by atoms with van der Waals surface area (Å²) >= 11 is 0. The lowest BCUT2D eigenvalue weighted by molar-refractivity contribution is 0.354. The van der Waals surface area contributed by atoms with E-state index in [1.54, 1.807) is 14.2 Å². The van der Waals surface area contributed by atoms with Gasteiger partial charge < -0.3 is 14.8 Å². The highest BCUT2D eigenvalue weighted by Gasteiger charge is 2.06. The Labute approximate surface area is 177 Å². The van der Waals surface area contributed by atoms with Gasteiger partial charge in [-0.15, -0.1) is 5.11 Å². The quantitative estimate of drug-likeness (QED) is 0.504. The number of hydrogen-bond donors (Lipinski definition) is 1. The molecule has 7 nitrogen and oxygen atoms in total. The highest BCUT2D eigenvalue weighted by atomic mass is 16.5. The molecule has 1 aromatic heterocycles. The van der Waals surface area contributed by atoms with Crippen LogP contribution in [0.2, 0.25) is 0 Å². The molecule has 1 N–H and O–H groups in total. The molecule has 3 rings (SSSR count). The van der Waals surface area contributed by atoms with Crippen molar-refractivity contribution in [1.82, 2.24) is 9.97 Å². The molecule has 2 aromatic carbocycles. The fourth-order valence-corrected chi connectivity index (χ4v) is 3.04. The SMILES string of the molecule is COc1ccc(CCNc2nc(C)cc(N=NCc3cccc(C)c3)n2)cc1OC. The topological polar surface area (TPSA) is 81.0 Å². The van der Waals surface area contributed by atoms with Gasteiger partial charge in [0.1, 0.15) is 0 Å². The van der Waals surface area contributed by atoms with E-state index < -0.39 is 0 Å². The zero-order valence-corrected chi connectivity index (χ0v) is 17.8. The maximum atomic E-state index is 5.36. The molecular formula is C23H27N5O2. The number of aromatic nitrogens is 2. The van der Waals surface area contributed by atoms with Gasteiger partial charge in [-0.1, -0.05) is 35.9 Å². The number of hydrogen-bond acceptors (Lipinski definition) is 7. The number of azo groups is 1. The summed E-state index contributed by atoms with van der Waals surface area (Å²) in [5, 5.41) is 11.8. The Morgan fingerprint density at radius 1 is 0.900 bits per heavy atom. The molecule has 0 spiro atoms. The monoisotopic (exact) mass is 405 g/mol. The standard InChI is InChI=1S/C23H27N5O2/c1-16-6-5-7-19(12-16)15-25-28-22-13-17(2)26-23(27-22)24-11-10-18-8-9-20(29-3)21(14-18)30-4/h5-9,12-14H,10-11,15H2,1-4H3,(H,24,26,27). The number of nitrogens with one attached hydrogen (secondary N) is 1. The van der Waals surface area contributed by atoms with Crippen molar-refractivity contribution in [2.24, 2.45) is 10.2 Å². The summed E-state index contributed by atoms with van der Waals surface area (Å²) in [5.41, 5.74) is 4.30. The number of methoxy groups -OCH3 is 2. The van der Waals surface area contributed by atoms with Gasteiger partial charge in [0.15, 0.2) is 17.3 Å². The van der Waals surface area contributed by atoms with Crippen molar-refractivity contribution in [2.45, 2.75) is 26.8 Å². The lowest BCUT2D eigenvalue weighted by Crippen LogP contribution is -2.08. The lowest BCUT2D eigenvalue weighted by atomic mass is 10.1. The van der Waals surface area contributed by atoms with Gasteiger partial charge in [0.05, 0.1) is 20.8 Å². The first-order chi connectivity index (χ1) is 14.6. The van der Waals surface area contributed by atoms with Crippen LogP contribution in [0.3, 0.4) is 0 Å². The minimum Gasteiger partial charge on any atom is -0.493 e. The molecular weight excluding hydrogens is 378 g/mol. The molecule has 7 heteroatoms. The number of benzene rings is 2. The summed E-state index contributed by atoms with van der Waals surface area (Å²) in [6.07, 6.45) is 0.794. The normalized spacial score (nSPS) is 10.9. The molecule has 0 unspecified atom stereocenters. The highest BCUT2D eigenvalue weighted by molar-refractivity contribution is 5.43. The van der Waals surface area contributed by atoms with E-state index in [-0.39, 0.29) is 0 Å². The van der Waals surface area contributed by atoms with Crippen LogP contribution < -0.4 is 14.8 Å². The molecule has 30 heavy (non-hydrogen) atoms. The van der Waals surface area contributed by atoms with E-state index in [0.717, 1.165) is 34.7 Å². The third kappa shape index (κ3) is 6.01. The molecule has 0 saturated carbocycles. The summed E-state index contributed by atoms with van der Waals surface area (Å²) < 4.78 is 10.6. The second kappa shape index (κ2) is 10.3. The van der Waals surface area contributed by atoms with Crippen LogP contribution in [0.4, 0.5) is 11.8 Å². The summed E-state index contributed by atoms with van der Waals surface area (Å²) in [7, 11) is 3.26. The first-order valence-corrected chi connectivity index (χ1v) is 9.81. The van der Waals surface area contributed by atoms with E-state index in [1.807, 2.05) is 43.3 Å². The van der Waals surface area contributed by atoms with Crippen LogP contribution in [0.25, 0.3) is 0 Å². The molecule has 156 valence electrons. The Hall–Kier alpha value is -3.48. The van der Waals surface area contributed by atoms with Crippen molar-refractivity contribution < 1.29 is 9.47 Å². The first-order valence-electron chi connectivity index (χ1n) is 9.81. The molecule has 0 radical (unpaired) electrons. The Balaban J connectivity index is 1.59. The van der Waals surface area contributed by atoms with Crippen molar-refractivity contribution in [1.29, 1.82) is 0 Å². The summed E-state index contributed by atoms with van der Waals surface area (Å²) in [5.74, 6) is 2.53. The maximum Gasteiger partial charge on any atom is 0.225 e. The number of aryl methyl sites for hydroxylation is 2. The van der Waals surface area contributed by atoms with E-state index in [0.29, 0.717) is 24.9 Å². The predicted molar refractivity (Wildman–Crippen MR) is 118 cm³/mol. The predicted octanol–water partition coefficient (Wildman–Crippen LogP) is 5.05. The van der Waals surface area contributed by atoms with Crippen LogP contribution in [-0.4, -0.2) is 30.7 Å². The molecule has 3 aromatic rings. The number of nitrogens with zero attached hydrogens (tertiary/aromatic N) is 4. The molecule has 0 aliphatic carbocycles. The van der Waals surface area contributed by atoms with E-state index in [4.69, 9.17) is 9.47 Å². The zero-order chi connectivity index (χ0) is 21.3. The van der Waals surface area contributed by atoms with Gasteiger partial charge in [0.2, 0.25) is 5.95 Å². The van der Waals surface area contributed by atoms with Crippen LogP contribution in [0, 0.1) is 13.8 Å². The Kier molecular flexibility index (Phi) is 7.32. The molecule has 0 saturated heterocycles. The third-order valence-corrected chi connectivity index (χ3v) is 4.49. The van der Waals surface area contributed by atoms with Crippen molar-refractivity contribution in [3.05, 3.63) is 70.9 Å². The van der Waals surface area contributed by atoms with Gasteiger partial charge in [0, 0.05) is 18.3 Å². The van der Waals surface area contributed by atoms with E-state index >= 15 is 0 Å². The maximum absolute atomic E-state index is 5.36. The Morgan fingerprint density at radius 2 is 1.73 bits per heavy atom. The molecule has 0 amide bonds. The van der Waals surface area contributed by atoms with Crippen molar-refractivity contribution in [3.8, 4) is 11.5 Å². The van der Waals surface area contributed by atoms with Gasteiger partial charge in [-0.3, -0.25) is 0 Å². The van der Waals surface area contributed by atoms with E-state index in [9.17, 15) is 0 Å². The minimum atomic E-state index is 0.521. The van der Waals surface area contributed by atoms with Gasteiger partial charge in [0.25, 0.3) is 0 Å². The fraction of sp³-hybridized carbons (Fsp3) is 0.304. The molecule has 0 fully saturated rings. The average molecular weight is 406 g/mol. The van der Waals surface area contributed by atoms with Crippen molar-refractivity contribution in [2.75, 3.05) is 26.1 Å². The van der Waals surface area contributed by atoms with Crippen LogP contribution in [0.1, 0.15) is 22.4 Å². The number of anilines is 1. The highest BCUT2D eigenvalue weighted by Crippen LogP contribution is 2.27. The van der Waals surface area contributed by atoms with Crippen LogP contribution in [-0.2, 0) is 13.0 Å². The van der Waals surface area contributed by atoms with E-state index in [2.05, 4.69) is 44.6 Å². The second-order valence-electron chi connectivity index (χ2n) is 6.95. The molecule has 0 atom stereocenters. The third-order valence-electron chi connectivity index (χ3n) is 4.49. The lowest BCUT2D eigenvalue weighted by Gasteiger charge is -2.10. The summed E-state index contributed by atoms with van der Waals surface area (Å²) in [4.78, 5) is 8.88. The smallest absolute Gasteiger partial charge is 0.225 e. The van der Waals surface area contributed by atoms with Crippen molar-refractivity contribution >= 4 is 11.8 Å². The average Bonchev–Trinajstić information content (AvgIpc) is 2.73. The van der Waals surface area contributed by atoms with Gasteiger partial charge >= 0.3 is 0 Å². The summed E-state index contributed by atoms with van der Waals surface area (Å²) in [6.45, 7) is 5.18.